The van der Waals surface area contributed by atoms with Crippen LogP contribution in [0.3, 0.4) is 0 Å². The van der Waals surface area contributed by atoms with Crippen molar-refractivity contribution in [3.05, 3.63) is 72.8 Å². The van der Waals surface area contributed by atoms with Gasteiger partial charge in [0.15, 0.2) is 10.2 Å². The first-order chi connectivity index (χ1) is 16.6. The highest BCUT2D eigenvalue weighted by Gasteiger charge is 2.20. The van der Waals surface area contributed by atoms with E-state index < -0.39 is 0 Å². The second-order valence-corrected chi connectivity index (χ2v) is 10.0. The van der Waals surface area contributed by atoms with E-state index in [2.05, 4.69) is 20.9 Å². The molecular weight excluding hydrogens is 485 g/mol. The Morgan fingerprint density at radius 2 is 1.85 bits per heavy atom. The Labute approximate surface area is 212 Å². The fourth-order valence-electron chi connectivity index (χ4n) is 3.28. The highest BCUT2D eigenvalue weighted by Crippen LogP contribution is 2.31. The van der Waals surface area contributed by atoms with Gasteiger partial charge in [-0.1, -0.05) is 48.6 Å². The first kappa shape index (κ1) is 24.0. The van der Waals surface area contributed by atoms with Crippen LogP contribution in [0.1, 0.15) is 13.3 Å². The molecule has 0 aliphatic carbocycles. The summed E-state index contributed by atoms with van der Waals surface area (Å²) in [6.07, 6.45) is 0.687. The number of carbonyl (C=O) groups is 1. The second-order valence-electron chi connectivity index (χ2n) is 7.30. The fraction of sp³-hybridized carbons (Fsp3) is 0.160. The smallest absolute Gasteiger partial charge is 0.239 e. The van der Waals surface area contributed by atoms with Gasteiger partial charge in [-0.25, -0.2) is 4.98 Å². The Hall–Kier alpha value is -3.14. The van der Waals surface area contributed by atoms with Crippen LogP contribution in [0.15, 0.2) is 77.7 Å². The number of para-hydroxylation sites is 3. The van der Waals surface area contributed by atoms with Crippen LogP contribution in [0.2, 0.25) is 0 Å². The average Bonchev–Trinajstić information content (AvgIpc) is 3.25. The lowest BCUT2D eigenvalue weighted by Gasteiger charge is -2.16. The maximum atomic E-state index is 12.9. The van der Waals surface area contributed by atoms with E-state index in [4.69, 9.17) is 17.0 Å². The van der Waals surface area contributed by atoms with E-state index in [0.29, 0.717) is 22.4 Å². The van der Waals surface area contributed by atoms with E-state index in [1.54, 1.807) is 7.11 Å². The molecule has 9 heteroatoms. The van der Waals surface area contributed by atoms with E-state index in [1.807, 2.05) is 79.7 Å². The van der Waals surface area contributed by atoms with Gasteiger partial charge in [0.05, 0.1) is 28.3 Å². The molecule has 4 aromatic rings. The van der Waals surface area contributed by atoms with Crippen LogP contribution in [0.5, 0.6) is 5.75 Å². The molecule has 0 fully saturated rings. The quantitative estimate of drug-likeness (QED) is 0.182. The molecule has 6 nitrogen and oxygen atoms in total. The molecule has 1 atom stereocenters. The molecule has 3 N–H and O–H groups in total. The number of thiazole rings is 1. The SMILES string of the molecule is CCC(Sc1cccc(NC(=S)Nc2ccccc2OC)c1)C(=O)Nc1nc2ccccc2s1. The molecule has 4 rings (SSSR count). The number of carbonyl (C=O) groups excluding carboxylic acids is 1. The number of anilines is 3. The summed E-state index contributed by atoms with van der Waals surface area (Å²) in [6.45, 7) is 2.00. The summed E-state index contributed by atoms with van der Waals surface area (Å²) in [4.78, 5) is 18.4. The van der Waals surface area contributed by atoms with Crippen molar-refractivity contribution < 1.29 is 9.53 Å². The summed E-state index contributed by atoms with van der Waals surface area (Å²) in [7, 11) is 1.62. The molecule has 0 bridgehead atoms. The van der Waals surface area contributed by atoms with Crippen molar-refractivity contribution in [3.63, 3.8) is 0 Å². The van der Waals surface area contributed by atoms with Crippen LogP contribution < -0.4 is 20.7 Å². The van der Waals surface area contributed by atoms with E-state index >= 15 is 0 Å². The number of hydrogen-bond acceptors (Lipinski definition) is 6. The second kappa shape index (κ2) is 11.3. The number of fused-ring (bicyclic) bond motifs is 1. The zero-order chi connectivity index (χ0) is 23.9. The number of benzene rings is 3. The normalized spacial score (nSPS) is 11.6. The molecule has 0 spiro atoms. The molecular formula is C25H24N4O2S3. The van der Waals surface area contributed by atoms with Gasteiger partial charge in [0, 0.05) is 10.6 Å². The summed E-state index contributed by atoms with van der Waals surface area (Å²) in [5.41, 5.74) is 2.50. The van der Waals surface area contributed by atoms with Gasteiger partial charge in [0.2, 0.25) is 5.91 Å². The van der Waals surface area contributed by atoms with E-state index in [-0.39, 0.29) is 11.2 Å². The number of rotatable bonds is 8. The standard InChI is InChI=1S/C25H24N4O2S3/c1-3-21(23(30)29-25-28-19-12-5-7-14-22(19)34-25)33-17-10-8-9-16(15-17)26-24(32)27-18-11-4-6-13-20(18)31-2/h4-15,21H,3H2,1-2H3,(H2,26,27,32)(H,28,29,30). The van der Waals surface area contributed by atoms with Gasteiger partial charge in [0.1, 0.15) is 5.75 Å². The molecule has 0 saturated heterocycles. The third-order valence-corrected chi connectivity index (χ3v) is 7.43. The monoisotopic (exact) mass is 508 g/mol. The van der Waals surface area contributed by atoms with E-state index in [0.717, 1.165) is 26.5 Å². The van der Waals surface area contributed by atoms with Crippen molar-refractivity contribution >= 4 is 73.1 Å². The zero-order valence-electron chi connectivity index (χ0n) is 18.7. The van der Waals surface area contributed by atoms with Crippen LogP contribution in [0, 0.1) is 0 Å². The maximum absolute atomic E-state index is 12.9. The molecule has 1 amide bonds. The topological polar surface area (TPSA) is 75.3 Å². The number of nitrogens with one attached hydrogen (secondary N) is 3. The van der Waals surface area contributed by atoms with E-state index in [1.165, 1.54) is 23.1 Å². The maximum Gasteiger partial charge on any atom is 0.239 e. The lowest BCUT2D eigenvalue weighted by atomic mass is 10.3. The van der Waals surface area contributed by atoms with Crippen LogP contribution in [-0.2, 0) is 4.79 Å². The van der Waals surface area contributed by atoms with Crippen molar-refractivity contribution in [1.29, 1.82) is 0 Å². The molecule has 0 aliphatic rings. The Morgan fingerprint density at radius 1 is 1.06 bits per heavy atom. The minimum atomic E-state index is -0.249. The predicted octanol–water partition coefficient (Wildman–Crippen LogP) is 6.62. The number of ether oxygens (including phenoxy) is 1. The van der Waals surface area contributed by atoms with Crippen molar-refractivity contribution in [1.82, 2.24) is 4.98 Å². The molecule has 34 heavy (non-hydrogen) atoms. The number of amides is 1. The van der Waals surface area contributed by atoms with Gasteiger partial charge in [0.25, 0.3) is 0 Å². The van der Waals surface area contributed by atoms with E-state index in [9.17, 15) is 4.79 Å². The third kappa shape index (κ3) is 6.05. The van der Waals surface area contributed by atoms with Gasteiger partial charge in [-0.2, -0.15) is 0 Å². The number of aromatic nitrogens is 1. The van der Waals surface area contributed by atoms with Gasteiger partial charge in [-0.05, 0) is 61.1 Å². The summed E-state index contributed by atoms with van der Waals surface area (Å²) >= 11 is 8.46. The first-order valence-electron chi connectivity index (χ1n) is 10.7. The van der Waals surface area contributed by atoms with Gasteiger partial charge in [-0.3, -0.25) is 4.79 Å². The minimum absolute atomic E-state index is 0.0571. The average molecular weight is 509 g/mol. The highest BCUT2D eigenvalue weighted by molar-refractivity contribution is 8.00. The molecule has 1 unspecified atom stereocenters. The third-order valence-electron chi connectivity index (χ3n) is 4.91. The van der Waals surface area contributed by atoms with Crippen molar-refractivity contribution in [2.45, 2.75) is 23.5 Å². The number of nitrogens with zero attached hydrogens (tertiary/aromatic N) is 1. The Balaban J connectivity index is 1.38. The molecule has 0 saturated carbocycles. The number of thiocarbonyl (C=S) groups is 1. The summed E-state index contributed by atoms with van der Waals surface area (Å²) in [5.74, 6) is 0.652. The summed E-state index contributed by atoms with van der Waals surface area (Å²) in [6, 6.07) is 23.3. The highest BCUT2D eigenvalue weighted by atomic mass is 32.2. The molecule has 1 heterocycles. The van der Waals surface area contributed by atoms with Crippen LogP contribution in [0.25, 0.3) is 10.2 Å². The fourth-order valence-corrected chi connectivity index (χ4v) is 5.39. The number of methoxy groups -OCH3 is 1. The van der Waals surface area contributed by atoms with Crippen LogP contribution in [0.4, 0.5) is 16.5 Å². The van der Waals surface area contributed by atoms with Crippen molar-refractivity contribution in [3.8, 4) is 5.75 Å². The largest absolute Gasteiger partial charge is 0.495 e. The molecule has 1 aromatic heterocycles. The number of hydrogen-bond donors (Lipinski definition) is 3. The predicted molar refractivity (Wildman–Crippen MR) is 147 cm³/mol. The summed E-state index contributed by atoms with van der Waals surface area (Å²) in [5, 5.41) is 10.2. The molecule has 0 aliphatic heterocycles. The Kier molecular flexibility index (Phi) is 7.99. The molecule has 174 valence electrons. The molecule has 3 aromatic carbocycles. The lowest BCUT2D eigenvalue weighted by molar-refractivity contribution is -0.115. The first-order valence-corrected chi connectivity index (χ1v) is 12.8. The van der Waals surface area contributed by atoms with Crippen LogP contribution >= 0.6 is 35.3 Å². The summed E-state index contributed by atoms with van der Waals surface area (Å²) < 4.78 is 6.41. The Morgan fingerprint density at radius 3 is 2.65 bits per heavy atom. The minimum Gasteiger partial charge on any atom is -0.495 e. The zero-order valence-corrected chi connectivity index (χ0v) is 21.2. The van der Waals surface area contributed by atoms with Gasteiger partial charge >= 0.3 is 0 Å². The van der Waals surface area contributed by atoms with Crippen molar-refractivity contribution in [2.24, 2.45) is 0 Å². The molecule has 0 radical (unpaired) electrons. The Bertz CT molecular complexity index is 1280. The van der Waals surface area contributed by atoms with Crippen LogP contribution in [-0.4, -0.2) is 28.4 Å². The van der Waals surface area contributed by atoms with Gasteiger partial charge < -0.3 is 20.7 Å². The van der Waals surface area contributed by atoms with Gasteiger partial charge in [-0.15, -0.1) is 11.8 Å². The lowest BCUT2D eigenvalue weighted by Crippen LogP contribution is -2.24. The van der Waals surface area contributed by atoms with Crippen molar-refractivity contribution in [2.75, 3.05) is 23.1 Å². The number of thioether (sulfide) groups is 1.